The molecule has 19 heavy (non-hydrogen) atoms. The van der Waals surface area contributed by atoms with Crippen LogP contribution in [0.4, 0.5) is 10.3 Å². The Morgan fingerprint density at radius 3 is 2.74 bits per heavy atom. The molecule has 1 aromatic heterocycles. The van der Waals surface area contributed by atoms with Crippen LogP contribution in [0.1, 0.15) is 38.7 Å². The third kappa shape index (κ3) is 3.06. The molecule has 1 heterocycles. The molecule has 2 N–H and O–H groups in total. The molecule has 0 aliphatic rings. The van der Waals surface area contributed by atoms with E-state index in [0.717, 1.165) is 24.4 Å². The van der Waals surface area contributed by atoms with Crippen molar-refractivity contribution in [2.75, 3.05) is 5.73 Å². The highest BCUT2D eigenvalue weighted by Crippen LogP contribution is 2.22. The predicted molar refractivity (Wildman–Crippen MR) is 77.5 cm³/mol. The van der Waals surface area contributed by atoms with Crippen LogP contribution in [0.3, 0.4) is 0 Å². The van der Waals surface area contributed by atoms with Gasteiger partial charge in [0.2, 0.25) is 5.95 Å². The number of hydrogen-bond donors (Lipinski definition) is 1. The summed E-state index contributed by atoms with van der Waals surface area (Å²) in [5.41, 5.74) is 8.13. The first-order valence-electron chi connectivity index (χ1n) is 6.91. The van der Waals surface area contributed by atoms with Gasteiger partial charge in [-0.3, -0.25) is 0 Å². The van der Waals surface area contributed by atoms with Crippen molar-refractivity contribution < 1.29 is 4.39 Å². The summed E-state index contributed by atoms with van der Waals surface area (Å²) < 4.78 is 15.5. The SMILES string of the molecule is Cc1cc2c(cc1F)nc(N)n2CCCCC(C)C. The van der Waals surface area contributed by atoms with Crippen molar-refractivity contribution in [3.63, 3.8) is 0 Å². The maximum Gasteiger partial charge on any atom is 0.201 e. The Morgan fingerprint density at radius 1 is 1.32 bits per heavy atom. The summed E-state index contributed by atoms with van der Waals surface area (Å²) >= 11 is 0. The standard InChI is InChI=1S/C15H22FN3/c1-10(2)6-4-5-7-19-14-8-11(3)12(16)9-13(14)18-15(19)17/h8-10H,4-7H2,1-3H3,(H2,17,18). The minimum Gasteiger partial charge on any atom is -0.369 e. The molecule has 0 fully saturated rings. The average molecular weight is 263 g/mol. The second-order valence-electron chi connectivity index (χ2n) is 5.60. The van der Waals surface area contributed by atoms with Crippen LogP contribution in [-0.2, 0) is 6.54 Å². The van der Waals surface area contributed by atoms with Gasteiger partial charge >= 0.3 is 0 Å². The minimum absolute atomic E-state index is 0.225. The van der Waals surface area contributed by atoms with Crippen LogP contribution >= 0.6 is 0 Å². The molecule has 104 valence electrons. The van der Waals surface area contributed by atoms with E-state index in [1.165, 1.54) is 18.9 Å². The molecule has 0 aliphatic carbocycles. The number of hydrogen-bond acceptors (Lipinski definition) is 2. The zero-order valence-electron chi connectivity index (χ0n) is 11.9. The summed E-state index contributed by atoms with van der Waals surface area (Å²) in [6.07, 6.45) is 3.47. The minimum atomic E-state index is -0.225. The zero-order chi connectivity index (χ0) is 14.0. The summed E-state index contributed by atoms with van der Waals surface area (Å²) in [5.74, 6) is 0.981. The van der Waals surface area contributed by atoms with Crippen LogP contribution in [0, 0.1) is 18.7 Å². The maximum atomic E-state index is 13.5. The molecule has 0 bridgehead atoms. The zero-order valence-corrected chi connectivity index (χ0v) is 11.9. The van der Waals surface area contributed by atoms with E-state index in [0.29, 0.717) is 17.0 Å². The van der Waals surface area contributed by atoms with Gasteiger partial charge in [-0.15, -0.1) is 0 Å². The van der Waals surface area contributed by atoms with Crippen molar-refractivity contribution in [3.05, 3.63) is 23.5 Å². The first-order chi connectivity index (χ1) is 8.99. The number of halogens is 1. The van der Waals surface area contributed by atoms with Crippen LogP contribution in [-0.4, -0.2) is 9.55 Å². The van der Waals surface area contributed by atoms with Crippen molar-refractivity contribution in [3.8, 4) is 0 Å². The highest BCUT2D eigenvalue weighted by molar-refractivity contribution is 5.79. The summed E-state index contributed by atoms with van der Waals surface area (Å²) in [4.78, 5) is 4.23. The quantitative estimate of drug-likeness (QED) is 0.832. The van der Waals surface area contributed by atoms with E-state index in [1.807, 2.05) is 10.6 Å². The number of anilines is 1. The number of unbranched alkanes of at least 4 members (excludes halogenated alkanes) is 1. The van der Waals surface area contributed by atoms with E-state index in [-0.39, 0.29) is 5.82 Å². The Morgan fingerprint density at radius 2 is 2.05 bits per heavy atom. The molecule has 0 saturated carbocycles. The van der Waals surface area contributed by atoms with Gasteiger partial charge in [-0.05, 0) is 30.9 Å². The molecule has 3 nitrogen and oxygen atoms in total. The smallest absolute Gasteiger partial charge is 0.201 e. The van der Waals surface area contributed by atoms with Gasteiger partial charge in [-0.25, -0.2) is 9.37 Å². The number of nitrogens with zero attached hydrogens (tertiary/aromatic N) is 2. The van der Waals surface area contributed by atoms with Crippen LogP contribution in [0.15, 0.2) is 12.1 Å². The first kappa shape index (κ1) is 13.8. The van der Waals surface area contributed by atoms with E-state index in [1.54, 1.807) is 6.92 Å². The lowest BCUT2D eigenvalue weighted by Crippen LogP contribution is -2.04. The first-order valence-corrected chi connectivity index (χ1v) is 6.91. The average Bonchev–Trinajstić information content (AvgIpc) is 2.61. The highest BCUT2D eigenvalue weighted by Gasteiger charge is 2.10. The normalized spacial score (nSPS) is 11.6. The number of nitrogens with two attached hydrogens (primary N) is 1. The molecule has 1 aromatic carbocycles. The molecule has 0 spiro atoms. The molecule has 2 rings (SSSR count). The molecule has 0 unspecified atom stereocenters. The lowest BCUT2D eigenvalue weighted by Gasteiger charge is -2.08. The van der Waals surface area contributed by atoms with Gasteiger partial charge in [0.05, 0.1) is 11.0 Å². The van der Waals surface area contributed by atoms with Gasteiger partial charge in [0.1, 0.15) is 5.82 Å². The Kier molecular flexibility index (Phi) is 4.08. The molecule has 2 aromatic rings. The fourth-order valence-electron chi connectivity index (χ4n) is 2.33. The Labute approximate surface area is 113 Å². The molecule has 0 aliphatic heterocycles. The molecule has 0 atom stereocenters. The number of fused-ring (bicyclic) bond motifs is 1. The predicted octanol–water partition coefficient (Wildman–Crippen LogP) is 3.89. The van der Waals surface area contributed by atoms with Gasteiger partial charge < -0.3 is 10.3 Å². The van der Waals surface area contributed by atoms with Crippen LogP contribution in [0.5, 0.6) is 0 Å². The fourth-order valence-corrected chi connectivity index (χ4v) is 2.33. The van der Waals surface area contributed by atoms with Gasteiger partial charge in [0.25, 0.3) is 0 Å². The number of benzene rings is 1. The molecule has 0 radical (unpaired) electrons. The van der Waals surface area contributed by atoms with Crippen molar-refractivity contribution in [2.24, 2.45) is 5.92 Å². The highest BCUT2D eigenvalue weighted by atomic mass is 19.1. The Hall–Kier alpha value is -1.58. The summed E-state index contributed by atoms with van der Waals surface area (Å²) in [5, 5.41) is 0. The van der Waals surface area contributed by atoms with Gasteiger partial charge in [-0.1, -0.05) is 26.7 Å². The molecule has 0 saturated heterocycles. The second-order valence-corrected chi connectivity index (χ2v) is 5.60. The van der Waals surface area contributed by atoms with Crippen LogP contribution < -0.4 is 5.73 Å². The maximum absolute atomic E-state index is 13.5. The van der Waals surface area contributed by atoms with Crippen LogP contribution in [0.2, 0.25) is 0 Å². The monoisotopic (exact) mass is 263 g/mol. The van der Waals surface area contributed by atoms with Gasteiger partial charge in [-0.2, -0.15) is 0 Å². The number of aromatic nitrogens is 2. The van der Waals surface area contributed by atoms with E-state index in [2.05, 4.69) is 18.8 Å². The Bertz CT molecular complexity index is 572. The summed E-state index contributed by atoms with van der Waals surface area (Å²) in [6.45, 7) is 7.07. The summed E-state index contributed by atoms with van der Waals surface area (Å²) in [7, 11) is 0. The van der Waals surface area contributed by atoms with E-state index >= 15 is 0 Å². The number of aryl methyl sites for hydroxylation is 2. The van der Waals surface area contributed by atoms with Gasteiger partial charge in [0.15, 0.2) is 0 Å². The number of nitrogen functional groups attached to an aromatic ring is 1. The number of rotatable bonds is 5. The second kappa shape index (κ2) is 5.59. The largest absolute Gasteiger partial charge is 0.369 e. The van der Waals surface area contributed by atoms with Crippen molar-refractivity contribution in [1.82, 2.24) is 9.55 Å². The van der Waals surface area contributed by atoms with Crippen molar-refractivity contribution in [2.45, 2.75) is 46.6 Å². The van der Waals surface area contributed by atoms with E-state index < -0.39 is 0 Å². The van der Waals surface area contributed by atoms with Crippen LogP contribution in [0.25, 0.3) is 11.0 Å². The molecule has 0 amide bonds. The molecular weight excluding hydrogens is 241 g/mol. The summed E-state index contributed by atoms with van der Waals surface area (Å²) in [6, 6.07) is 3.29. The lowest BCUT2D eigenvalue weighted by molar-refractivity contribution is 0.514. The fraction of sp³-hybridized carbons (Fsp3) is 0.533. The van der Waals surface area contributed by atoms with E-state index in [4.69, 9.17) is 5.73 Å². The topological polar surface area (TPSA) is 43.8 Å². The third-order valence-corrected chi connectivity index (χ3v) is 3.47. The molecular formula is C15H22FN3. The molecule has 4 heteroatoms. The van der Waals surface area contributed by atoms with E-state index in [9.17, 15) is 4.39 Å². The third-order valence-electron chi connectivity index (χ3n) is 3.47. The lowest BCUT2D eigenvalue weighted by atomic mass is 10.1. The van der Waals surface area contributed by atoms with Crippen molar-refractivity contribution in [1.29, 1.82) is 0 Å². The number of imidazole rings is 1. The Balaban J connectivity index is 2.18. The van der Waals surface area contributed by atoms with Crippen molar-refractivity contribution >= 4 is 17.0 Å². The van der Waals surface area contributed by atoms with Gasteiger partial charge in [0, 0.05) is 12.6 Å².